The maximum absolute atomic E-state index is 9.43. The number of hydrogen-bond donors (Lipinski definition) is 1. The molecule has 150 valence electrons. The van der Waals surface area contributed by atoms with Crippen molar-refractivity contribution >= 4 is 34.7 Å². The third-order valence-electron chi connectivity index (χ3n) is 5.69. The van der Waals surface area contributed by atoms with Crippen LogP contribution in [0.4, 0.5) is 10.8 Å². The normalized spacial score (nSPS) is 16.7. The van der Waals surface area contributed by atoms with E-state index < -0.39 is 0 Å². The topological polar surface area (TPSA) is 92.0 Å². The molecule has 1 atom stereocenters. The van der Waals surface area contributed by atoms with Crippen molar-refractivity contribution < 1.29 is 4.42 Å². The second kappa shape index (κ2) is 7.61. The number of anilines is 2. The van der Waals surface area contributed by atoms with Crippen molar-refractivity contribution in [3.05, 3.63) is 47.8 Å². The summed E-state index contributed by atoms with van der Waals surface area (Å²) in [7, 11) is 0. The Balaban J connectivity index is 1.63. The predicted octanol–water partition coefficient (Wildman–Crippen LogP) is 5.24. The van der Waals surface area contributed by atoms with Crippen molar-refractivity contribution in [1.29, 1.82) is 5.26 Å². The first kappa shape index (κ1) is 18.9. The summed E-state index contributed by atoms with van der Waals surface area (Å²) in [5, 5.41) is 18.5. The minimum Gasteiger partial charge on any atom is -0.469 e. The number of aromatic nitrogens is 4. The molecule has 7 nitrogen and oxygen atoms in total. The smallest absolute Gasteiger partial charge is 0.268 e. The van der Waals surface area contributed by atoms with Gasteiger partial charge >= 0.3 is 0 Å². The summed E-state index contributed by atoms with van der Waals surface area (Å²) < 4.78 is 11.7. The molecule has 4 aromatic heterocycles. The van der Waals surface area contributed by atoms with Gasteiger partial charge in [0.2, 0.25) is 0 Å². The van der Waals surface area contributed by atoms with Gasteiger partial charge in [-0.15, -0.1) is 0 Å². The molecule has 0 amide bonds. The standard InChI is InChI=1S/C21H21BN6OS/c1-13-6-20(30-27-13)26-19-8-18(15-4-3-5-22(9-15)12-23)25-21-17(10-24-28(19)21)16-7-14(2)29-11-16/h6-8,10-11,15,26H,3-5,9H2,1-2H3. The SMILES string of the molecule is Cc1cc(Nc2cc(C3CCCB(C#N)C3)nc3c(-c4coc(C)c4)cnn23)sn1. The first-order valence-electron chi connectivity index (χ1n) is 10.1. The number of fused-ring (bicyclic) bond motifs is 1. The van der Waals surface area contributed by atoms with Crippen LogP contribution in [0, 0.1) is 25.1 Å². The molecule has 5 rings (SSSR count). The van der Waals surface area contributed by atoms with Crippen LogP contribution >= 0.6 is 11.5 Å². The predicted molar refractivity (Wildman–Crippen MR) is 119 cm³/mol. The summed E-state index contributed by atoms with van der Waals surface area (Å²) in [6, 6.07) is 6.09. The Morgan fingerprint density at radius 1 is 1.33 bits per heavy atom. The largest absolute Gasteiger partial charge is 0.469 e. The van der Waals surface area contributed by atoms with Gasteiger partial charge < -0.3 is 9.73 Å². The fourth-order valence-corrected chi connectivity index (χ4v) is 4.86. The van der Waals surface area contributed by atoms with Crippen LogP contribution in [0.5, 0.6) is 0 Å². The summed E-state index contributed by atoms with van der Waals surface area (Å²) >= 11 is 1.42. The molecule has 0 bridgehead atoms. The number of rotatable bonds is 4. The third kappa shape index (κ3) is 3.48. The van der Waals surface area contributed by atoms with Crippen LogP contribution < -0.4 is 5.32 Å². The molecular formula is C21H21BN6OS. The first-order valence-corrected chi connectivity index (χ1v) is 10.9. The molecule has 0 aromatic carbocycles. The Morgan fingerprint density at radius 3 is 2.97 bits per heavy atom. The minimum absolute atomic E-state index is 0.100. The molecule has 0 radical (unpaired) electrons. The Labute approximate surface area is 179 Å². The first-order chi connectivity index (χ1) is 14.6. The van der Waals surface area contributed by atoms with Gasteiger partial charge in [0.1, 0.15) is 16.6 Å². The number of furan rings is 1. The summed E-state index contributed by atoms with van der Waals surface area (Å²) in [6.45, 7) is 4.01. The van der Waals surface area contributed by atoms with Gasteiger partial charge in [-0.3, -0.25) is 0 Å². The average molecular weight is 416 g/mol. The van der Waals surface area contributed by atoms with Gasteiger partial charge in [-0.25, -0.2) is 10.2 Å². The van der Waals surface area contributed by atoms with E-state index in [1.54, 1.807) is 6.26 Å². The van der Waals surface area contributed by atoms with E-state index in [2.05, 4.69) is 26.8 Å². The van der Waals surface area contributed by atoms with Gasteiger partial charge in [0.25, 0.3) is 6.71 Å². The van der Waals surface area contributed by atoms with E-state index in [9.17, 15) is 5.26 Å². The molecule has 0 spiro atoms. The van der Waals surface area contributed by atoms with Crippen LogP contribution in [0.15, 0.2) is 35.1 Å². The zero-order valence-electron chi connectivity index (χ0n) is 16.9. The molecule has 1 unspecified atom stereocenters. The van der Waals surface area contributed by atoms with E-state index in [1.165, 1.54) is 11.5 Å². The summed E-state index contributed by atoms with van der Waals surface area (Å²) in [5.41, 5.74) is 4.67. The van der Waals surface area contributed by atoms with Crippen molar-refractivity contribution in [2.45, 2.75) is 45.2 Å². The fourth-order valence-electron chi connectivity index (χ4n) is 4.19. The van der Waals surface area contributed by atoms with E-state index in [1.807, 2.05) is 36.7 Å². The molecule has 1 aliphatic heterocycles. The number of nitrogens with zero attached hydrogens (tertiary/aromatic N) is 5. The molecule has 1 aliphatic rings. The monoisotopic (exact) mass is 416 g/mol. The van der Waals surface area contributed by atoms with Crippen molar-refractivity contribution in [2.75, 3.05) is 5.32 Å². The minimum atomic E-state index is 0.100. The maximum Gasteiger partial charge on any atom is 0.268 e. The molecular weight excluding hydrogens is 395 g/mol. The van der Waals surface area contributed by atoms with Gasteiger partial charge in [0, 0.05) is 28.9 Å². The quantitative estimate of drug-likeness (QED) is 0.458. The molecule has 1 saturated heterocycles. The van der Waals surface area contributed by atoms with Crippen molar-refractivity contribution in [3.63, 3.8) is 0 Å². The van der Waals surface area contributed by atoms with Crippen LogP contribution in [-0.4, -0.2) is 25.7 Å². The highest BCUT2D eigenvalue weighted by Gasteiger charge is 2.28. The molecule has 0 aliphatic carbocycles. The van der Waals surface area contributed by atoms with Crippen LogP contribution in [0.1, 0.15) is 35.9 Å². The lowest BCUT2D eigenvalue weighted by Crippen LogP contribution is -2.21. The summed E-state index contributed by atoms with van der Waals surface area (Å²) in [4.78, 5) is 5.02. The van der Waals surface area contributed by atoms with Crippen molar-refractivity contribution in [3.8, 4) is 17.1 Å². The van der Waals surface area contributed by atoms with Gasteiger partial charge in [0.05, 0.1) is 18.2 Å². The highest BCUT2D eigenvalue weighted by atomic mass is 32.1. The second-order valence-electron chi connectivity index (χ2n) is 7.95. The van der Waals surface area contributed by atoms with Crippen LogP contribution in [-0.2, 0) is 0 Å². The highest BCUT2D eigenvalue weighted by Crippen LogP contribution is 2.36. The van der Waals surface area contributed by atoms with Crippen LogP contribution in [0.2, 0.25) is 12.6 Å². The maximum atomic E-state index is 9.43. The molecule has 9 heteroatoms. The summed E-state index contributed by atoms with van der Waals surface area (Å²) in [5.74, 6) is 4.42. The number of nitrogens with one attached hydrogen (secondary N) is 1. The summed E-state index contributed by atoms with van der Waals surface area (Å²) in [6.07, 6.45) is 7.51. The van der Waals surface area contributed by atoms with E-state index in [0.29, 0.717) is 0 Å². The zero-order valence-corrected chi connectivity index (χ0v) is 17.7. The molecule has 0 saturated carbocycles. The van der Waals surface area contributed by atoms with Gasteiger partial charge in [0.15, 0.2) is 5.65 Å². The lowest BCUT2D eigenvalue weighted by atomic mass is 9.41. The van der Waals surface area contributed by atoms with E-state index >= 15 is 0 Å². The number of nitriles is 1. The lowest BCUT2D eigenvalue weighted by Gasteiger charge is -2.23. The van der Waals surface area contributed by atoms with Crippen molar-refractivity contribution in [1.82, 2.24) is 19.0 Å². The Kier molecular flexibility index (Phi) is 4.79. The molecule has 5 heterocycles. The third-order valence-corrected chi connectivity index (χ3v) is 6.48. The Bertz CT molecular complexity index is 1250. The number of hydrogen-bond acceptors (Lipinski definition) is 7. The van der Waals surface area contributed by atoms with Crippen molar-refractivity contribution in [2.24, 2.45) is 0 Å². The molecule has 1 N–H and O–H groups in total. The highest BCUT2D eigenvalue weighted by molar-refractivity contribution is 7.10. The molecule has 4 aromatic rings. The Hall–Kier alpha value is -3.12. The van der Waals surface area contributed by atoms with Gasteiger partial charge in [-0.1, -0.05) is 19.1 Å². The van der Waals surface area contributed by atoms with Gasteiger partial charge in [-0.05, 0) is 49.9 Å². The second-order valence-corrected chi connectivity index (χ2v) is 8.76. The van der Waals surface area contributed by atoms with Gasteiger partial charge in [-0.2, -0.15) is 14.0 Å². The number of aryl methyl sites for hydroxylation is 2. The van der Waals surface area contributed by atoms with E-state index in [0.717, 1.165) is 70.2 Å². The zero-order chi connectivity index (χ0) is 20.7. The molecule has 30 heavy (non-hydrogen) atoms. The van der Waals surface area contributed by atoms with Crippen LogP contribution in [0.3, 0.4) is 0 Å². The fraction of sp³-hybridized carbons (Fsp3) is 0.333. The Morgan fingerprint density at radius 2 is 2.23 bits per heavy atom. The van der Waals surface area contributed by atoms with Crippen LogP contribution in [0.25, 0.3) is 16.8 Å². The van der Waals surface area contributed by atoms with E-state index in [-0.39, 0.29) is 12.6 Å². The molecule has 1 fully saturated rings. The average Bonchev–Trinajstić information content (AvgIpc) is 3.47. The lowest BCUT2D eigenvalue weighted by molar-refractivity contribution is 0.535. The van der Waals surface area contributed by atoms with E-state index in [4.69, 9.17) is 9.40 Å².